The van der Waals surface area contributed by atoms with E-state index in [1.54, 1.807) is 6.42 Å². The van der Waals surface area contributed by atoms with Crippen LogP contribution in [0.3, 0.4) is 0 Å². The van der Waals surface area contributed by atoms with Crippen molar-refractivity contribution in [1.29, 1.82) is 0 Å². The van der Waals surface area contributed by atoms with Crippen molar-refractivity contribution in [3.8, 4) is 0 Å². The highest BCUT2D eigenvalue weighted by Gasteiger charge is 2.34. The lowest BCUT2D eigenvalue weighted by molar-refractivity contribution is 0.540. The van der Waals surface area contributed by atoms with Crippen LogP contribution in [0.25, 0.3) is 0 Å². The van der Waals surface area contributed by atoms with Gasteiger partial charge >= 0.3 is 0 Å². The molecule has 0 nitrogen and oxygen atoms in total. The van der Waals surface area contributed by atoms with Crippen LogP contribution in [0.5, 0.6) is 0 Å². The fourth-order valence-electron chi connectivity index (χ4n) is 2.32. The second kappa shape index (κ2) is 6.45. The topological polar surface area (TPSA) is 0 Å². The molecule has 0 spiro atoms. The molecule has 0 amide bonds. The molecule has 0 bridgehead atoms. The third-order valence-corrected chi connectivity index (χ3v) is 3.43. The van der Waals surface area contributed by atoms with E-state index in [0.29, 0.717) is 0 Å². The number of rotatable bonds is 8. The summed E-state index contributed by atoms with van der Waals surface area (Å²) in [5, 5.41) is 0. The van der Waals surface area contributed by atoms with Crippen molar-refractivity contribution >= 4 is 0 Å². The Labute approximate surface area is 84.1 Å². The van der Waals surface area contributed by atoms with Gasteiger partial charge in [0.15, 0.2) is 0 Å². The Hall–Kier alpha value is 0. The molecule has 1 rings (SSSR count). The van der Waals surface area contributed by atoms with E-state index in [4.69, 9.17) is 0 Å². The zero-order valence-electron chi connectivity index (χ0n) is 9.52. The highest BCUT2D eigenvalue weighted by Crippen LogP contribution is 2.45. The predicted octanol–water partition coefficient (Wildman–Crippen LogP) is 4.78. The van der Waals surface area contributed by atoms with Gasteiger partial charge in [-0.1, -0.05) is 65.2 Å². The van der Waals surface area contributed by atoms with Gasteiger partial charge in [-0.05, 0) is 18.3 Å². The van der Waals surface area contributed by atoms with Crippen molar-refractivity contribution in [3.63, 3.8) is 0 Å². The van der Waals surface area contributed by atoms with Gasteiger partial charge in [-0.2, -0.15) is 0 Å². The molecule has 0 heterocycles. The second-order valence-corrected chi connectivity index (χ2v) is 4.75. The highest BCUT2D eigenvalue weighted by molar-refractivity contribution is 4.85. The number of hydrogen-bond acceptors (Lipinski definition) is 0. The van der Waals surface area contributed by atoms with Crippen LogP contribution in [-0.4, -0.2) is 0 Å². The Balaban J connectivity index is 1.83. The van der Waals surface area contributed by atoms with E-state index in [9.17, 15) is 0 Å². The van der Waals surface area contributed by atoms with Gasteiger partial charge in [0.25, 0.3) is 0 Å². The molecule has 1 aliphatic carbocycles. The van der Waals surface area contributed by atoms with E-state index in [2.05, 4.69) is 13.8 Å². The first-order chi connectivity index (χ1) is 6.38. The van der Waals surface area contributed by atoms with Gasteiger partial charge in [-0.15, -0.1) is 0 Å². The second-order valence-electron chi connectivity index (χ2n) is 4.75. The molecule has 0 aromatic rings. The highest BCUT2D eigenvalue weighted by atomic mass is 14.4. The van der Waals surface area contributed by atoms with Crippen LogP contribution in [0.15, 0.2) is 0 Å². The van der Waals surface area contributed by atoms with Crippen molar-refractivity contribution in [2.75, 3.05) is 0 Å². The fourth-order valence-corrected chi connectivity index (χ4v) is 2.32. The molecule has 1 aliphatic rings. The molecule has 0 aromatic carbocycles. The van der Waals surface area contributed by atoms with Crippen molar-refractivity contribution < 1.29 is 0 Å². The molecule has 0 heteroatoms. The summed E-state index contributed by atoms with van der Waals surface area (Å²) in [4.78, 5) is 0. The zero-order valence-corrected chi connectivity index (χ0v) is 9.52. The summed E-state index contributed by atoms with van der Waals surface area (Å²) in [5.74, 6) is 2.28. The van der Waals surface area contributed by atoms with Crippen molar-refractivity contribution in [2.24, 2.45) is 11.8 Å². The minimum absolute atomic E-state index is 1.14. The predicted molar refractivity (Wildman–Crippen MR) is 59.9 cm³/mol. The van der Waals surface area contributed by atoms with E-state index in [0.717, 1.165) is 11.8 Å². The summed E-state index contributed by atoms with van der Waals surface area (Å²) in [6.07, 6.45) is 13.3. The molecule has 13 heavy (non-hydrogen) atoms. The summed E-state index contributed by atoms with van der Waals surface area (Å²) in [6, 6.07) is 0. The molecule has 1 saturated carbocycles. The molecule has 2 atom stereocenters. The average Bonchev–Trinajstić information content (AvgIpc) is 2.88. The van der Waals surface area contributed by atoms with Crippen LogP contribution >= 0.6 is 0 Å². The van der Waals surface area contributed by atoms with Crippen LogP contribution in [0.1, 0.15) is 71.6 Å². The average molecular weight is 182 g/mol. The summed E-state index contributed by atoms with van der Waals surface area (Å²) in [6.45, 7) is 4.60. The third kappa shape index (κ3) is 4.69. The molecule has 0 radical (unpaired) electrons. The smallest absolute Gasteiger partial charge is 0.0383 e. The maximum atomic E-state index is 2.30. The first-order valence-corrected chi connectivity index (χ1v) is 6.38. The Morgan fingerprint density at radius 2 is 1.38 bits per heavy atom. The number of unbranched alkanes of at least 4 members (excludes halogenated alkanes) is 4. The van der Waals surface area contributed by atoms with Crippen LogP contribution < -0.4 is 0 Å². The SMILES string of the molecule is CCCCCCC1C[C@H]1CCCC. The molecular formula is C13H26. The first-order valence-electron chi connectivity index (χ1n) is 6.38. The van der Waals surface area contributed by atoms with Crippen molar-refractivity contribution in [1.82, 2.24) is 0 Å². The van der Waals surface area contributed by atoms with Crippen molar-refractivity contribution in [3.05, 3.63) is 0 Å². The molecular weight excluding hydrogens is 156 g/mol. The van der Waals surface area contributed by atoms with Gasteiger partial charge in [0.1, 0.15) is 0 Å². The van der Waals surface area contributed by atoms with Gasteiger partial charge in [0, 0.05) is 0 Å². The van der Waals surface area contributed by atoms with E-state index in [1.165, 1.54) is 51.4 Å². The quantitative estimate of drug-likeness (QED) is 0.474. The van der Waals surface area contributed by atoms with Crippen LogP contribution in [0.4, 0.5) is 0 Å². The Kier molecular flexibility index (Phi) is 5.50. The van der Waals surface area contributed by atoms with E-state index < -0.39 is 0 Å². The van der Waals surface area contributed by atoms with E-state index in [-0.39, 0.29) is 0 Å². The standard InChI is InChI=1S/C13H26/c1-3-5-7-8-10-13-11-12(13)9-6-4-2/h12-13H,3-11H2,1-2H3/t12-,13?/m1/s1. The molecule has 1 fully saturated rings. The Morgan fingerprint density at radius 1 is 0.769 bits per heavy atom. The van der Waals surface area contributed by atoms with E-state index >= 15 is 0 Å². The maximum absolute atomic E-state index is 2.30. The molecule has 1 unspecified atom stereocenters. The summed E-state index contributed by atoms with van der Waals surface area (Å²) in [5.41, 5.74) is 0. The fraction of sp³-hybridized carbons (Fsp3) is 1.00. The molecule has 0 saturated heterocycles. The first kappa shape index (κ1) is 11.1. The van der Waals surface area contributed by atoms with Gasteiger partial charge in [0.2, 0.25) is 0 Å². The van der Waals surface area contributed by atoms with Gasteiger partial charge in [0.05, 0.1) is 0 Å². The Bertz CT molecular complexity index is 117. The molecule has 0 N–H and O–H groups in total. The minimum atomic E-state index is 1.14. The zero-order chi connectivity index (χ0) is 9.52. The largest absolute Gasteiger partial charge is 0.0654 e. The summed E-state index contributed by atoms with van der Waals surface area (Å²) >= 11 is 0. The summed E-state index contributed by atoms with van der Waals surface area (Å²) in [7, 11) is 0. The molecule has 0 aromatic heterocycles. The summed E-state index contributed by atoms with van der Waals surface area (Å²) < 4.78 is 0. The monoisotopic (exact) mass is 182 g/mol. The van der Waals surface area contributed by atoms with Gasteiger partial charge in [-0.25, -0.2) is 0 Å². The van der Waals surface area contributed by atoms with E-state index in [1.807, 2.05) is 0 Å². The van der Waals surface area contributed by atoms with Crippen molar-refractivity contribution in [2.45, 2.75) is 71.6 Å². The van der Waals surface area contributed by atoms with Crippen LogP contribution in [0.2, 0.25) is 0 Å². The normalized spacial score (nSPS) is 26.3. The minimum Gasteiger partial charge on any atom is -0.0654 e. The maximum Gasteiger partial charge on any atom is -0.0383 e. The van der Waals surface area contributed by atoms with Crippen LogP contribution in [0, 0.1) is 11.8 Å². The lowest BCUT2D eigenvalue weighted by Gasteiger charge is -1.99. The Morgan fingerprint density at radius 3 is 2.00 bits per heavy atom. The van der Waals surface area contributed by atoms with Gasteiger partial charge < -0.3 is 0 Å². The third-order valence-electron chi connectivity index (χ3n) is 3.43. The molecule has 0 aliphatic heterocycles. The lowest BCUT2D eigenvalue weighted by atomic mass is 10.1. The van der Waals surface area contributed by atoms with Crippen LogP contribution in [-0.2, 0) is 0 Å². The molecule has 78 valence electrons. The number of hydrogen-bond donors (Lipinski definition) is 0. The van der Waals surface area contributed by atoms with Gasteiger partial charge in [-0.3, -0.25) is 0 Å². The lowest BCUT2D eigenvalue weighted by Crippen LogP contribution is -1.84.